The smallest absolute Gasteiger partial charge is 0.259 e. The molecule has 7 heteroatoms. The van der Waals surface area contributed by atoms with Gasteiger partial charge in [-0.2, -0.15) is 0 Å². The molecule has 2 rings (SSSR count). The number of para-hydroxylation sites is 2. The fraction of sp³-hybridized carbons (Fsp3) is 0.400. The van der Waals surface area contributed by atoms with E-state index in [-0.39, 0.29) is 0 Å². The van der Waals surface area contributed by atoms with E-state index in [0.29, 0.717) is 5.69 Å². The van der Waals surface area contributed by atoms with Crippen LogP contribution in [0.15, 0.2) is 24.3 Å². The normalized spacial score (nSPS) is 19.1. The van der Waals surface area contributed by atoms with Crippen LogP contribution in [-0.4, -0.2) is 39.6 Å². The van der Waals surface area contributed by atoms with Gasteiger partial charge in [-0.15, -0.1) is 0 Å². The number of hydrogen-bond donors (Lipinski definition) is 2. The molecule has 17 heavy (non-hydrogen) atoms. The Kier molecular flexibility index (Phi) is 4.34. The molecule has 0 bridgehead atoms. The molecular formula is C10H16N3O2PS. The number of hydrogen-bond acceptors (Lipinski definition) is 3. The van der Waals surface area contributed by atoms with Crippen molar-refractivity contribution in [2.24, 2.45) is 0 Å². The van der Waals surface area contributed by atoms with Gasteiger partial charge in [0.05, 0.1) is 11.4 Å². The molecule has 0 aromatic heterocycles. The van der Waals surface area contributed by atoms with Crippen molar-refractivity contribution in [3.63, 3.8) is 0 Å². The summed E-state index contributed by atoms with van der Waals surface area (Å²) < 4.78 is 24.5. The molecule has 1 saturated heterocycles. The molecule has 1 heterocycles. The minimum absolute atomic E-state index is 0.700. The predicted octanol–water partition coefficient (Wildman–Crippen LogP) is 1.15. The molecular weight excluding hydrogens is 257 g/mol. The standard InChI is InChI=1S/C10H16N3O2PS/c14-17(15)11-9-3-1-2-4-10(9)12-5-7-13(16)8-6-12/h1-4,11H,5-8,16H2,(H,14,15). The Bertz CT molecular complexity index is 410. The van der Waals surface area contributed by atoms with E-state index in [2.05, 4.69) is 23.7 Å². The second-order valence-corrected chi connectivity index (χ2v) is 5.32. The summed E-state index contributed by atoms with van der Waals surface area (Å²) in [6, 6.07) is 7.57. The lowest BCUT2D eigenvalue weighted by molar-refractivity contribution is 0.429. The summed E-state index contributed by atoms with van der Waals surface area (Å²) in [5.41, 5.74) is 1.68. The van der Waals surface area contributed by atoms with Crippen molar-refractivity contribution in [1.82, 2.24) is 4.67 Å². The maximum Gasteiger partial charge on any atom is 0.259 e. The van der Waals surface area contributed by atoms with E-state index in [1.54, 1.807) is 0 Å². The van der Waals surface area contributed by atoms with Crippen molar-refractivity contribution in [3.8, 4) is 0 Å². The monoisotopic (exact) mass is 273 g/mol. The van der Waals surface area contributed by atoms with E-state index in [0.717, 1.165) is 31.9 Å². The average Bonchev–Trinajstić information content (AvgIpc) is 2.30. The quantitative estimate of drug-likeness (QED) is 0.641. The van der Waals surface area contributed by atoms with Gasteiger partial charge in [0.25, 0.3) is 11.3 Å². The van der Waals surface area contributed by atoms with Gasteiger partial charge in [-0.05, 0) is 12.1 Å². The third kappa shape index (κ3) is 3.39. The fourth-order valence-corrected chi connectivity index (χ4v) is 2.48. The summed E-state index contributed by atoms with van der Waals surface area (Å²) in [5.74, 6) is 0. The first-order valence-electron chi connectivity index (χ1n) is 5.38. The van der Waals surface area contributed by atoms with E-state index in [4.69, 9.17) is 4.55 Å². The molecule has 2 N–H and O–H groups in total. The van der Waals surface area contributed by atoms with E-state index >= 15 is 0 Å². The zero-order valence-corrected chi connectivity index (χ0v) is 11.3. The van der Waals surface area contributed by atoms with Crippen LogP contribution in [-0.2, 0) is 11.3 Å². The molecule has 0 aliphatic carbocycles. The maximum absolute atomic E-state index is 10.8. The van der Waals surface area contributed by atoms with Gasteiger partial charge >= 0.3 is 0 Å². The van der Waals surface area contributed by atoms with Crippen molar-refractivity contribution in [2.75, 3.05) is 35.8 Å². The predicted molar refractivity (Wildman–Crippen MR) is 74.3 cm³/mol. The molecule has 0 saturated carbocycles. The van der Waals surface area contributed by atoms with Crippen molar-refractivity contribution in [3.05, 3.63) is 24.3 Å². The average molecular weight is 273 g/mol. The Morgan fingerprint density at radius 1 is 1.24 bits per heavy atom. The van der Waals surface area contributed by atoms with Crippen LogP contribution in [0, 0.1) is 0 Å². The van der Waals surface area contributed by atoms with E-state index < -0.39 is 11.3 Å². The second-order valence-electron chi connectivity index (χ2n) is 3.89. The van der Waals surface area contributed by atoms with Gasteiger partial charge in [-0.3, -0.25) is 13.9 Å². The van der Waals surface area contributed by atoms with E-state index in [1.165, 1.54) is 0 Å². The minimum atomic E-state index is -2.03. The Hall–Kier alpha value is -0.680. The summed E-state index contributed by atoms with van der Waals surface area (Å²) in [7, 11) is 2.70. The second kappa shape index (κ2) is 5.78. The summed E-state index contributed by atoms with van der Waals surface area (Å²) in [4.78, 5) is 2.22. The molecule has 0 amide bonds. The minimum Gasteiger partial charge on any atom is -0.367 e. The van der Waals surface area contributed by atoms with Gasteiger partial charge in [0.15, 0.2) is 0 Å². The van der Waals surface area contributed by atoms with Gasteiger partial charge in [-0.25, -0.2) is 4.21 Å². The van der Waals surface area contributed by atoms with Crippen LogP contribution >= 0.6 is 9.39 Å². The number of rotatable bonds is 3. The van der Waals surface area contributed by atoms with Gasteiger partial charge in [0.2, 0.25) is 0 Å². The molecule has 1 aromatic rings. The largest absolute Gasteiger partial charge is 0.367 e. The van der Waals surface area contributed by atoms with Crippen LogP contribution in [0.4, 0.5) is 11.4 Å². The first-order valence-corrected chi connectivity index (χ1v) is 7.00. The molecule has 0 spiro atoms. The summed E-state index contributed by atoms with van der Waals surface area (Å²) in [5, 5.41) is 0. The van der Waals surface area contributed by atoms with Gasteiger partial charge < -0.3 is 4.90 Å². The molecule has 1 fully saturated rings. The third-order valence-corrected chi connectivity index (χ3v) is 3.67. The SMILES string of the molecule is O=S(O)Nc1ccccc1N1CCN(P)CC1. The Morgan fingerprint density at radius 2 is 1.88 bits per heavy atom. The number of anilines is 2. The van der Waals surface area contributed by atoms with E-state index in [1.807, 2.05) is 24.3 Å². The molecule has 1 aliphatic rings. The lowest BCUT2D eigenvalue weighted by Crippen LogP contribution is -2.42. The van der Waals surface area contributed by atoms with Crippen LogP contribution in [0.1, 0.15) is 0 Å². The third-order valence-electron chi connectivity index (χ3n) is 2.76. The molecule has 1 aliphatic heterocycles. The van der Waals surface area contributed by atoms with Crippen LogP contribution in [0.5, 0.6) is 0 Å². The summed E-state index contributed by atoms with van der Waals surface area (Å²) in [6.07, 6.45) is 0. The first kappa shape index (κ1) is 12.8. The van der Waals surface area contributed by atoms with Crippen molar-refractivity contribution < 1.29 is 8.76 Å². The molecule has 2 unspecified atom stereocenters. The molecule has 0 radical (unpaired) electrons. The highest BCUT2D eigenvalue weighted by atomic mass is 32.2. The molecule has 5 nitrogen and oxygen atoms in total. The zero-order valence-electron chi connectivity index (χ0n) is 9.37. The number of nitrogens with zero attached hydrogens (tertiary/aromatic N) is 2. The van der Waals surface area contributed by atoms with Crippen molar-refractivity contribution in [2.45, 2.75) is 0 Å². The van der Waals surface area contributed by atoms with Gasteiger partial charge in [0.1, 0.15) is 0 Å². The van der Waals surface area contributed by atoms with Crippen LogP contribution < -0.4 is 9.62 Å². The number of piperazine rings is 1. The Labute approximate surface area is 106 Å². The lowest BCUT2D eigenvalue weighted by Gasteiger charge is -2.34. The molecule has 1 aromatic carbocycles. The van der Waals surface area contributed by atoms with E-state index in [9.17, 15) is 4.21 Å². The highest BCUT2D eigenvalue weighted by molar-refractivity contribution is 7.80. The van der Waals surface area contributed by atoms with Crippen LogP contribution in [0.2, 0.25) is 0 Å². The Balaban J connectivity index is 2.16. The topological polar surface area (TPSA) is 55.8 Å². The summed E-state index contributed by atoms with van der Waals surface area (Å²) in [6.45, 7) is 3.78. The highest BCUT2D eigenvalue weighted by Gasteiger charge is 2.17. The zero-order chi connectivity index (χ0) is 12.3. The molecule has 94 valence electrons. The number of benzene rings is 1. The van der Waals surface area contributed by atoms with Crippen LogP contribution in [0.3, 0.4) is 0 Å². The van der Waals surface area contributed by atoms with Gasteiger partial charge in [-0.1, -0.05) is 21.5 Å². The summed E-state index contributed by atoms with van der Waals surface area (Å²) >= 11 is -2.03. The number of nitrogens with one attached hydrogen (secondary N) is 1. The first-order chi connectivity index (χ1) is 8.16. The van der Waals surface area contributed by atoms with Crippen LogP contribution in [0.25, 0.3) is 0 Å². The Morgan fingerprint density at radius 3 is 2.53 bits per heavy atom. The van der Waals surface area contributed by atoms with Gasteiger partial charge in [0, 0.05) is 26.2 Å². The maximum atomic E-state index is 10.8. The van der Waals surface area contributed by atoms with Crippen molar-refractivity contribution >= 4 is 32.0 Å². The fourth-order valence-electron chi connectivity index (χ4n) is 1.89. The van der Waals surface area contributed by atoms with Crippen molar-refractivity contribution in [1.29, 1.82) is 0 Å². The molecule has 2 atom stereocenters. The highest BCUT2D eigenvalue weighted by Crippen LogP contribution is 2.27. The lowest BCUT2D eigenvalue weighted by atomic mass is 10.2.